The fourth-order valence-corrected chi connectivity index (χ4v) is 3.04. The number of aromatic amines is 1. The first-order valence-corrected chi connectivity index (χ1v) is 7.60. The maximum absolute atomic E-state index is 11.5. The number of aryl methyl sites for hydroxylation is 1. The first-order valence-electron chi connectivity index (χ1n) is 7.60. The number of nitrogen functional groups attached to an aromatic ring is 1. The van der Waals surface area contributed by atoms with Gasteiger partial charge in [-0.25, -0.2) is 4.98 Å². The summed E-state index contributed by atoms with van der Waals surface area (Å²) >= 11 is 0. The predicted molar refractivity (Wildman–Crippen MR) is 85.7 cm³/mol. The van der Waals surface area contributed by atoms with Crippen LogP contribution in [-0.4, -0.2) is 39.5 Å². The standard InChI is InChI=1S/C16H21N5O/c1-11-9-18-5-2-12(11)3-6-21-7-4-13(10-21)14-8-15(22)20-16(17)19-14/h2,5,8-9,13H,3-4,6-7,10H2,1H3,(H3,17,19,20,22). The fraction of sp³-hybridized carbons (Fsp3) is 0.438. The van der Waals surface area contributed by atoms with Gasteiger partial charge in [0.2, 0.25) is 5.95 Å². The Morgan fingerprint density at radius 2 is 2.36 bits per heavy atom. The summed E-state index contributed by atoms with van der Waals surface area (Å²) in [6.07, 6.45) is 5.79. The zero-order chi connectivity index (χ0) is 15.5. The molecule has 116 valence electrons. The highest BCUT2D eigenvalue weighted by molar-refractivity contribution is 5.22. The average molecular weight is 299 g/mol. The van der Waals surface area contributed by atoms with Gasteiger partial charge in [-0.3, -0.25) is 14.8 Å². The Morgan fingerprint density at radius 3 is 3.14 bits per heavy atom. The highest BCUT2D eigenvalue weighted by atomic mass is 16.1. The maximum Gasteiger partial charge on any atom is 0.252 e. The Hall–Kier alpha value is -2.21. The van der Waals surface area contributed by atoms with E-state index in [1.807, 2.05) is 12.4 Å². The number of nitrogens with two attached hydrogens (primary N) is 1. The number of anilines is 1. The highest BCUT2D eigenvalue weighted by Gasteiger charge is 2.25. The van der Waals surface area contributed by atoms with Crippen LogP contribution in [0.3, 0.4) is 0 Å². The number of aromatic nitrogens is 3. The van der Waals surface area contributed by atoms with E-state index in [0.29, 0.717) is 5.92 Å². The van der Waals surface area contributed by atoms with Gasteiger partial charge in [0.25, 0.3) is 5.56 Å². The summed E-state index contributed by atoms with van der Waals surface area (Å²) in [7, 11) is 0. The van der Waals surface area contributed by atoms with Crippen LogP contribution in [0.1, 0.15) is 29.2 Å². The Bertz CT molecular complexity index is 712. The van der Waals surface area contributed by atoms with Gasteiger partial charge in [-0.15, -0.1) is 0 Å². The van der Waals surface area contributed by atoms with E-state index < -0.39 is 0 Å². The van der Waals surface area contributed by atoms with E-state index >= 15 is 0 Å². The number of hydrogen-bond donors (Lipinski definition) is 2. The van der Waals surface area contributed by atoms with Crippen molar-refractivity contribution in [2.75, 3.05) is 25.4 Å². The molecule has 2 aromatic rings. The van der Waals surface area contributed by atoms with Crippen molar-refractivity contribution < 1.29 is 0 Å². The van der Waals surface area contributed by atoms with Gasteiger partial charge in [-0.05, 0) is 43.5 Å². The molecule has 6 nitrogen and oxygen atoms in total. The molecule has 0 aromatic carbocycles. The van der Waals surface area contributed by atoms with Crippen molar-refractivity contribution in [3.8, 4) is 0 Å². The fourth-order valence-electron chi connectivity index (χ4n) is 3.04. The highest BCUT2D eigenvalue weighted by Crippen LogP contribution is 2.25. The molecule has 1 unspecified atom stereocenters. The Morgan fingerprint density at radius 1 is 1.50 bits per heavy atom. The van der Waals surface area contributed by atoms with Crippen LogP contribution in [0.4, 0.5) is 5.95 Å². The lowest BCUT2D eigenvalue weighted by Crippen LogP contribution is -2.24. The summed E-state index contributed by atoms with van der Waals surface area (Å²) in [5.74, 6) is 0.497. The average Bonchev–Trinajstić information content (AvgIpc) is 2.94. The third-order valence-corrected chi connectivity index (χ3v) is 4.30. The molecular formula is C16H21N5O. The van der Waals surface area contributed by atoms with Crippen molar-refractivity contribution in [3.05, 3.63) is 51.7 Å². The molecule has 1 saturated heterocycles. The van der Waals surface area contributed by atoms with E-state index in [1.54, 1.807) is 6.07 Å². The van der Waals surface area contributed by atoms with Crippen molar-refractivity contribution in [3.63, 3.8) is 0 Å². The van der Waals surface area contributed by atoms with Gasteiger partial charge in [0.1, 0.15) is 0 Å². The van der Waals surface area contributed by atoms with Gasteiger partial charge < -0.3 is 10.6 Å². The van der Waals surface area contributed by atoms with Crippen molar-refractivity contribution in [1.29, 1.82) is 0 Å². The molecule has 22 heavy (non-hydrogen) atoms. The van der Waals surface area contributed by atoms with Crippen molar-refractivity contribution >= 4 is 5.95 Å². The molecule has 3 N–H and O–H groups in total. The van der Waals surface area contributed by atoms with E-state index in [-0.39, 0.29) is 11.5 Å². The normalized spacial score (nSPS) is 18.7. The summed E-state index contributed by atoms with van der Waals surface area (Å²) in [6, 6.07) is 3.65. The van der Waals surface area contributed by atoms with Crippen molar-refractivity contribution in [2.24, 2.45) is 0 Å². The maximum atomic E-state index is 11.5. The molecule has 0 amide bonds. The van der Waals surface area contributed by atoms with Gasteiger partial charge >= 0.3 is 0 Å². The lowest BCUT2D eigenvalue weighted by Gasteiger charge is -2.16. The lowest BCUT2D eigenvalue weighted by molar-refractivity contribution is 0.338. The molecule has 1 atom stereocenters. The van der Waals surface area contributed by atoms with Crippen molar-refractivity contribution in [2.45, 2.75) is 25.7 Å². The summed E-state index contributed by atoms with van der Waals surface area (Å²) in [5.41, 5.74) is 8.85. The number of nitrogens with one attached hydrogen (secondary N) is 1. The number of H-pyrrole nitrogens is 1. The predicted octanol–water partition coefficient (Wildman–Crippen LogP) is 1.09. The van der Waals surface area contributed by atoms with E-state index in [9.17, 15) is 4.79 Å². The molecule has 6 heteroatoms. The van der Waals surface area contributed by atoms with E-state index in [1.165, 1.54) is 11.1 Å². The van der Waals surface area contributed by atoms with Gasteiger partial charge in [0.05, 0.1) is 5.69 Å². The monoisotopic (exact) mass is 299 g/mol. The van der Waals surface area contributed by atoms with Crippen LogP contribution in [-0.2, 0) is 6.42 Å². The van der Waals surface area contributed by atoms with Crippen LogP contribution in [0.5, 0.6) is 0 Å². The molecule has 0 saturated carbocycles. The van der Waals surface area contributed by atoms with Crippen LogP contribution >= 0.6 is 0 Å². The minimum absolute atomic E-state index is 0.173. The van der Waals surface area contributed by atoms with E-state index in [4.69, 9.17) is 5.73 Å². The third kappa shape index (κ3) is 3.33. The molecular weight excluding hydrogens is 278 g/mol. The molecule has 0 aliphatic carbocycles. The quantitative estimate of drug-likeness (QED) is 0.882. The van der Waals surface area contributed by atoms with E-state index in [2.05, 4.69) is 32.8 Å². The zero-order valence-electron chi connectivity index (χ0n) is 12.7. The summed E-state index contributed by atoms with van der Waals surface area (Å²) in [5, 5.41) is 0. The zero-order valence-corrected chi connectivity index (χ0v) is 12.7. The SMILES string of the molecule is Cc1cnccc1CCN1CCC(c2cc(=O)[nH]c(N)n2)C1. The molecule has 3 rings (SSSR count). The lowest BCUT2D eigenvalue weighted by atomic mass is 10.0. The smallest absolute Gasteiger partial charge is 0.252 e. The second kappa shape index (κ2) is 6.27. The summed E-state index contributed by atoms with van der Waals surface area (Å²) in [4.78, 5) is 24.8. The molecule has 3 heterocycles. The number of likely N-dealkylation sites (tertiary alicyclic amines) is 1. The second-order valence-electron chi connectivity index (χ2n) is 5.89. The Kier molecular flexibility index (Phi) is 4.20. The molecule has 1 fully saturated rings. The Labute approximate surface area is 129 Å². The van der Waals surface area contributed by atoms with Crippen LogP contribution < -0.4 is 11.3 Å². The van der Waals surface area contributed by atoms with Gasteiger partial charge in [-0.2, -0.15) is 0 Å². The molecule has 0 radical (unpaired) electrons. The number of hydrogen-bond acceptors (Lipinski definition) is 5. The van der Waals surface area contributed by atoms with Crippen molar-refractivity contribution in [1.82, 2.24) is 19.9 Å². The van der Waals surface area contributed by atoms with E-state index in [0.717, 1.165) is 38.2 Å². The molecule has 1 aliphatic rings. The first kappa shape index (κ1) is 14.7. The minimum Gasteiger partial charge on any atom is -0.369 e. The molecule has 0 bridgehead atoms. The van der Waals surface area contributed by atoms with Crippen LogP contribution in [0.25, 0.3) is 0 Å². The summed E-state index contributed by atoms with van der Waals surface area (Å²) in [6.45, 7) is 5.07. The molecule has 1 aliphatic heterocycles. The van der Waals surface area contributed by atoms with Gasteiger partial charge in [0.15, 0.2) is 0 Å². The van der Waals surface area contributed by atoms with Gasteiger partial charge in [0, 0.05) is 37.5 Å². The summed E-state index contributed by atoms with van der Waals surface area (Å²) < 4.78 is 0. The molecule has 2 aromatic heterocycles. The first-order chi connectivity index (χ1) is 10.6. The Balaban J connectivity index is 1.60. The van der Waals surface area contributed by atoms with Crippen LogP contribution in [0, 0.1) is 6.92 Å². The third-order valence-electron chi connectivity index (χ3n) is 4.30. The van der Waals surface area contributed by atoms with Gasteiger partial charge in [-0.1, -0.05) is 0 Å². The minimum atomic E-state index is -0.173. The van der Waals surface area contributed by atoms with Crippen LogP contribution in [0.2, 0.25) is 0 Å². The number of rotatable bonds is 4. The second-order valence-corrected chi connectivity index (χ2v) is 5.89. The largest absolute Gasteiger partial charge is 0.369 e. The topological polar surface area (TPSA) is 87.9 Å². The number of pyridine rings is 1. The van der Waals surface area contributed by atoms with Crippen LogP contribution in [0.15, 0.2) is 29.3 Å². The molecule has 0 spiro atoms. The number of nitrogens with zero attached hydrogens (tertiary/aromatic N) is 3.